The van der Waals surface area contributed by atoms with Gasteiger partial charge in [0.05, 0.1) is 22.8 Å². The summed E-state index contributed by atoms with van der Waals surface area (Å²) < 4.78 is 10.8. The van der Waals surface area contributed by atoms with Gasteiger partial charge in [0.15, 0.2) is 0 Å². The lowest BCUT2D eigenvalue weighted by Crippen LogP contribution is -2.53. The molecule has 1 N–H and O–H groups in total. The number of nitro benzene ring substituents is 1. The van der Waals surface area contributed by atoms with Gasteiger partial charge in [0.1, 0.15) is 27.9 Å². The highest BCUT2D eigenvalue weighted by Crippen LogP contribution is 2.37. The maximum atomic E-state index is 12.7. The summed E-state index contributed by atoms with van der Waals surface area (Å²) in [6, 6.07) is 7.56. The van der Waals surface area contributed by atoms with Crippen LogP contribution in [0.1, 0.15) is 11.5 Å². The van der Waals surface area contributed by atoms with Crippen molar-refractivity contribution in [2.24, 2.45) is 0 Å². The zero-order valence-corrected chi connectivity index (χ0v) is 17.3. The van der Waals surface area contributed by atoms with Crippen LogP contribution in [0.3, 0.4) is 0 Å². The van der Waals surface area contributed by atoms with Gasteiger partial charge >= 0.3 is 6.03 Å². The van der Waals surface area contributed by atoms with Crippen LogP contribution in [0, 0.1) is 10.1 Å². The van der Waals surface area contributed by atoms with Crippen molar-refractivity contribution in [3.63, 3.8) is 0 Å². The Morgan fingerprint density at radius 1 is 1.12 bits per heavy atom. The topological polar surface area (TPSA) is 136 Å². The van der Waals surface area contributed by atoms with Crippen LogP contribution in [0.4, 0.5) is 10.5 Å². The number of urea groups is 1. The van der Waals surface area contributed by atoms with Crippen molar-refractivity contribution in [2.45, 2.75) is 6.54 Å². The van der Waals surface area contributed by atoms with Crippen LogP contribution in [0.25, 0.3) is 17.4 Å². The Bertz CT molecular complexity index is 1290. The van der Waals surface area contributed by atoms with Gasteiger partial charge in [0.25, 0.3) is 17.5 Å². The summed E-state index contributed by atoms with van der Waals surface area (Å²) in [5.74, 6) is -1.16. The number of hydrogen-bond donors (Lipinski definition) is 1. The van der Waals surface area contributed by atoms with Crippen LogP contribution in [0.2, 0.25) is 10.0 Å². The lowest BCUT2D eigenvalue weighted by atomic mass is 10.1. The predicted molar refractivity (Wildman–Crippen MR) is 112 cm³/mol. The molecule has 1 aliphatic rings. The zero-order valence-electron chi connectivity index (χ0n) is 15.8. The first-order chi connectivity index (χ1) is 15.2. The molecule has 162 valence electrons. The highest BCUT2D eigenvalue weighted by molar-refractivity contribution is 6.37. The van der Waals surface area contributed by atoms with Crippen LogP contribution in [-0.2, 0) is 16.1 Å². The van der Waals surface area contributed by atoms with E-state index in [0.29, 0.717) is 5.76 Å². The Morgan fingerprint density at radius 2 is 1.91 bits per heavy atom. The summed E-state index contributed by atoms with van der Waals surface area (Å²) in [5.41, 5.74) is -0.511. The fourth-order valence-corrected chi connectivity index (χ4v) is 3.52. The molecule has 10 nitrogen and oxygen atoms in total. The fourth-order valence-electron chi connectivity index (χ4n) is 2.98. The SMILES string of the molecule is O=C1NC(=O)N(Cc2ccco2)C(=O)/C1=C/c1ccc(-c2cc([N+](=O)[O-])c(Cl)cc2Cl)o1. The van der Waals surface area contributed by atoms with Crippen LogP contribution < -0.4 is 5.32 Å². The third-order valence-corrected chi connectivity index (χ3v) is 5.11. The second-order valence-electron chi connectivity index (χ2n) is 6.53. The highest BCUT2D eigenvalue weighted by atomic mass is 35.5. The van der Waals surface area contributed by atoms with E-state index in [9.17, 15) is 24.5 Å². The molecule has 1 fully saturated rings. The van der Waals surface area contributed by atoms with Gasteiger partial charge in [-0.25, -0.2) is 4.79 Å². The number of nitro groups is 1. The molecule has 0 atom stereocenters. The van der Waals surface area contributed by atoms with Gasteiger partial charge < -0.3 is 8.83 Å². The summed E-state index contributed by atoms with van der Waals surface area (Å²) in [6.07, 6.45) is 2.54. The summed E-state index contributed by atoms with van der Waals surface area (Å²) in [5, 5.41) is 13.2. The Hall–Kier alpha value is -3.89. The molecule has 12 heteroatoms. The molecule has 1 aromatic carbocycles. The number of carbonyl (C=O) groups excluding carboxylic acids is 3. The highest BCUT2D eigenvalue weighted by Gasteiger charge is 2.36. The van der Waals surface area contributed by atoms with Crippen molar-refractivity contribution in [1.82, 2.24) is 10.2 Å². The van der Waals surface area contributed by atoms with Gasteiger partial charge in [-0.1, -0.05) is 23.2 Å². The van der Waals surface area contributed by atoms with Crippen LogP contribution in [0.5, 0.6) is 0 Å². The number of benzene rings is 1. The molecule has 0 aliphatic carbocycles. The second-order valence-corrected chi connectivity index (χ2v) is 7.34. The van der Waals surface area contributed by atoms with Gasteiger partial charge in [-0.3, -0.25) is 29.9 Å². The first kappa shape index (κ1) is 21.3. The summed E-state index contributed by atoms with van der Waals surface area (Å²) in [7, 11) is 0. The molecule has 0 unspecified atom stereocenters. The molecule has 2 aromatic heterocycles. The first-order valence-corrected chi connectivity index (χ1v) is 9.65. The molecule has 0 bridgehead atoms. The van der Waals surface area contributed by atoms with E-state index in [4.69, 9.17) is 32.0 Å². The van der Waals surface area contributed by atoms with Crippen LogP contribution in [0.15, 0.2) is 57.1 Å². The lowest BCUT2D eigenvalue weighted by Gasteiger charge is -2.25. The second kappa shape index (κ2) is 8.33. The van der Waals surface area contributed by atoms with Crippen molar-refractivity contribution >= 4 is 52.8 Å². The Balaban J connectivity index is 1.65. The molecular weight excluding hydrogens is 465 g/mol. The van der Waals surface area contributed by atoms with E-state index in [1.165, 1.54) is 24.5 Å². The van der Waals surface area contributed by atoms with Gasteiger partial charge in [0.2, 0.25) is 0 Å². The van der Waals surface area contributed by atoms with Crippen molar-refractivity contribution in [1.29, 1.82) is 0 Å². The Morgan fingerprint density at radius 3 is 2.59 bits per heavy atom. The normalized spacial score (nSPS) is 15.4. The number of hydrogen-bond acceptors (Lipinski definition) is 7. The molecule has 0 saturated carbocycles. The molecule has 1 aliphatic heterocycles. The predicted octanol–water partition coefficient (Wildman–Crippen LogP) is 4.42. The smallest absolute Gasteiger partial charge is 0.331 e. The third-order valence-electron chi connectivity index (χ3n) is 4.49. The maximum Gasteiger partial charge on any atom is 0.331 e. The zero-order chi connectivity index (χ0) is 23.0. The van der Waals surface area contributed by atoms with E-state index in [-0.39, 0.29) is 44.9 Å². The largest absolute Gasteiger partial charge is 0.467 e. The standard InChI is InChI=1S/C20H11Cl2N3O7/c21-14-8-15(22)16(25(29)30)7-12(14)17-4-3-10(32-17)6-13-18(26)23-20(28)24(19(13)27)9-11-2-1-5-31-11/h1-8H,9H2,(H,23,26,28)/b13-6+. The van der Waals surface area contributed by atoms with E-state index in [1.807, 2.05) is 0 Å². The number of halogens is 2. The molecule has 4 amide bonds. The average Bonchev–Trinajstić information content (AvgIpc) is 3.40. The number of rotatable bonds is 5. The molecule has 3 heterocycles. The number of amides is 4. The summed E-state index contributed by atoms with van der Waals surface area (Å²) in [6.45, 7) is -0.171. The van der Waals surface area contributed by atoms with E-state index in [0.717, 1.165) is 17.0 Å². The number of furan rings is 2. The summed E-state index contributed by atoms with van der Waals surface area (Å²) in [4.78, 5) is 48.4. The molecule has 3 aromatic rings. The quantitative estimate of drug-likeness (QED) is 0.249. The molecule has 32 heavy (non-hydrogen) atoms. The first-order valence-electron chi connectivity index (χ1n) is 8.89. The molecule has 1 saturated heterocycles. The van der Waals surface area contributed by atoms with Crippen molar-refractivity contribution in [2.75, 3.05) is 0 Å². The van der Waals surface area contributed by atoms with Gasteiger partial charge in [0, 0.05) is 11.6 Å². The van der Waals surface area contributed by atoms with E-state index < -0.39 is 22.8 Å². The van der Waals surface area contributed by atoms with Crippen molar-refractivity contribution in [3.8, 4) is 11.3 Å². The van der Waals surface area contributed by atoms with E-state index in [2.05, 4.69) is 5.32 Å². The summed E-state index contributed by atoms with van der Waals surface area (Å²) >= 11 is 12.0. The number of nitrogens with zero attached hydrogens (tertiary/aromatic N) is 2. The minimum absolute atomic E-state index is 0.0828. The van der Waals surface area contributed by atoms with Gasteiger partial charge in [-0.2, -0.15) is 0 Å². The number of nitrogens with one attached hydrogen (secondary N) is 1. The Kier molecular flexibility index (Phi) is 5.56. The van der Waals surface area contributed by atoms with Crippen LogP contribution >= 0.6 is 23.2 Å². The lowest BCUT2D eigenvalue weighted by molar-refractivity contribution is -0.384. The monoisotopic (exact) mass is 475 g/mol. The average molecular weight is 476 g/mol. The minimum Gasteiger partial charge on any atom is -0.467 e. The van der Waals surface area contributed by atoms with Gasteiger partial charge in [-0.05, 0) is 36.4 Å². The fraction of sp³-hybridized carbons (Fsp3) is 0.0500. The number of carbonyl (C=O) groups is 3. The van der Waals surface area contributed by atoms with E-state index >= 15 is 0 Å². The number of imide groups is 2. The van der Waals surface area contributed by atoms with Gasteiger partial charge in [-0.15, -0.1) is 0 Å². The van der Waals surface area contributed by atoms with Crippen molar-refractivity contribution in [3.05, 3.63) is 79.9 Å². The molecule has 0 spiro atoms. The van der Waals surface area contributed by atoms with Crippen molar-refractivity contribution < 1.29 is 28.1 Å². The van der Waals surface area contributed by atoms with E-state index in [1.54, 1.807) is 12.1 Å². The molecular formula is C20H11Cl2N3O7. The molecule has 0 radical (unpaired) electrons. The van der Waals surface area contributed by atoms with Crippen LogP contribution in [-0.4, -0.2) is 27.7 Å². The third kappa shape index (κ3) is 4.01. The maximum absolute atomic E-state index is 12.7. The Labute approximate surface area is 189 Å². The number of barbiturate groups is 1. The minimum atomic E-state index is -0.895. The molecule has 4 rings (SSSR count).